The van der Waals surface area contributed by atoms with E-state index in [1.807, 2.05) is 11.3 Å². The van der Waals surface area contributed by atoms with E-state index in [-0.39, 0.29) is 28.4 Å². The zero-order valence-electron chi connectivity index (χ0n) is 37.9. The van der Waals surface area contributed by atoms with E-state index in [2.05, 4.69) is 215 Å². The average molecular weight is 803 g/mol. The SMILES string of the molecule is CC(C)c1cc2c3c(c1)N(c1ccc(C(C)(C)C)cc1)c1c(sc4cc5c(cc14)-c1ccccc1C5(C)C)B3c1cc(C(C)(C)C)ccc1N2c1ccc(C(C)(C)C)cc1. The topological polar surface area (TPSA) is 6.48 Å². The van der Waals surface area contributed by atoms with Gasteiger partial charge < -0.3 is 9.80 Å². The maximum atomic E-state index is 2.65. The second-order valence-electron chi connectivity index (χ2n) is 21.7. The first kappa shape index (κ1) is 39.1. The van der Waals surface area contributed by atoms with Crippen molar-refractivity contribution in [2.24, 2.45) is 0 Å². The molecular formula is C56H59BN2S. The van der Waals surface area contributed by atoms with Crippen molar-refractivity contribution in [3.05, 3.63) is 149 Å². The third-order valence-electron chi connectivity index (χ3n) is 13.9. The third kappa shape index (κ3) is 5.80. The first-order valence-corrected chi connectivity index (χ1v) is 22.9. The van der Waals surface area contributed by atoms with Gasteiger partial charge in [0.1, 0.15) is 0 Å². The summed E-state index contributed by atoms with van der Waals surface area (Å²) in [6, 6.07) is 45.5. The predicted molar refractivity (Wildman–Crippen MR) is 264 cm³/mol. The molecule has 0 atom stereocenters. The van der Waals surface area contributed by atoms with Crippen LogP contribution in [0.4, 0.5) is 34.1 Å². The van der Waals surface area contributed by atoms with Gasteiger partial charge in [0.05, 0.1) is 5.69 Å². The van der Waals surface area contributed by atoms with Crippen molar-refractivity contribution in [1.29, 1.82) is 0 Å². The smallest absolute Gasteiger partial charge is 0.264 e. The van der Waals surface area contributed by atoms with Crippen molar-refractivity contribution in [3.8, 4) is 11.1 Å². The van der Waals surface area contributed by atoms with Gasteiger partial charge >= 0.3 is 0 Å². The molecule has 0 saturated carbocycles. The molecule has 2 nitrogen and oxygen atoms in total. The maximum Gasteiger partial charge on any atom is 0.264 e. The van der Waals surface area contributed by atoms with Crippen LogP contribution in [0.25, 0.3) is 21.2 Å². The lowest BCUT2D eigenvalue weighted by Gasteiger charge is -2.44. The molecular weight excluding hydrogens is 744 g/mol. The van der Waals surface area contributed by atoms with Gasteiger partial charge in [-0.05, 0) is 132 Å². The highest BCUT2D eigenvalue weighted by molar-refractivity contribution is 7.33. The van der Waals surface area contributed by atoms with Gasteiger partial charge in [-0.3, -0.25) is 0 Å². The summed E-state index contributed by atoms with van der Waals surface area (Å²) in [5, 5.41) is 1.34. The number of nitrogens with zero attached hydrogens (tertiary/aromatic N) is 2. The van der Waals surface area contributed by atoms with Crippen molar-refractivity contribution in [2.45, 2.75) is 118 Å². The lowest BCUT2D eigenvalue weighted by atomic mass is 9.36. The average Bonchev–Trinajstić information content (AvgIpc) is 3.67. The van der Waals surface area contributed by atoms with E-state index in [1.54, 1.807) is 0 Å². The summed E-state index contributed by atoms with van der Waals surface area (Å²) in [4.78, 5) is 5.24. The number of thiophene rings is 1. The van der Waals surface area contributed by atoms with Crippen LogP contribution in [0.1, 0.15) is 129 Å². The molecule has 1 aliphatic carbocycles. The molecule has 302 valence electrons. The van der Waals surface area contributed by atoms with Crippen LogP contribution in [-0.2, 0) is 21.7 Å². The van der Waals surface area contributed by atoms with Crippen LogP contribution >= 0.6 is 11.3 Å². The van der Waals surface area contributed by atoms with Crippen LogP contribution in [0.5, 0.6) is 0 Å². The van der Waals surface area contributed by atoms with Crippen LogP contribution in [0, 0.1) is 0 Å². The highest BCUT2D eigenvalue weighted by atomic mass is 32.1. The number of hydrogen-bond donors (Lipinski definition) is 0. The molecule has 6 aromatic carbocycles. The second kappa shape index (κ2) is 13.0. The first-order chi connectivity index (χ1) is 28.2. The normalized spacial score (nSPS) is 15.3. The Morgan fingerprint density at radius 3 is 1.68 bits per heavy atom. The summed E-state index contributed by atoms with van der Waals surface area (Å²) >= 11 is 2.02. The fourth-order valence-electron chi connectivity index (χ4n) is 10.3. The number of rotatable bonds is 3. The van der Waals surface area contributed by atoms with Crippen LogP contribution in [0.15, 0.2) is 115 Å². The van der Waals surface area contributed by atoms with Crippen LogP contribution in [0.2, 0.25) is 0 Å². The highest BCUT2D eigenvalue weighted by Crippen LogP contribution is 2.54. The molecule has 4 heteroatoms. The van der Waals surface area contributed by atoms with Crippen molar-refractivity contribution in [1.82, 2.24) is 0 Å². The third-order valence-corrected chi connectivity index (χ3v) is 15.1. The van der Waals surface area contributed by atoms with Gasteiger partial charge in [-0.25, -0.2) is 0 Å². The Labute approximate surface area is 363 Å². The Hall–Kier alpha value is -5.06. The summed E-state index contributed by atoms with van der Waals surface area (Å²) in [7, 11) is 0. The minimum absolute atomic E-state index is 0.00288. The molecule has 3 heterocycles. The standard InChI is InChI=1S/C56H59BN2S/c1-33(2)34-28-47-50-48(29-34)59(39-25-20-36(21-26-39)54(6,7)8)51-42-31-41-40-16-14-15-17-43(40)56(12,13)44(41)32-49(42)60-52(51)57(50)45-30-37(55(9,10)11)22-27-46(45)58(47)38-23-18-35(19-24-38)53(3,4)5/h14-33H,1-13H3. The van der Waals surface area contributed by atoms with Crippen molar-refractivity contribution in [3.63, 3.8) is 0 Å². The highest BCUT2D eigenvalue weighted by Gasteiger charge is 2.47. The van der Waals surface area contributed by atoms with Gasteiger partial charge in [0.2, 0.25) is 0 Å². The molecule has 10 rings (SSSR count). The molecule has 1 aromatic heterocycles. The van der Waals surface area contributed by atoms with Crippen molar-refractivity contribution in [2.75, 3.05) is 9.80 Å². The molecule has 7 aromatic rings. The van der Waals surface area contributed by atoms with Crippen molar-refractivity contribution >= 4 is 78.0 Å². The molecule has 60 heavy (non-hydrogen) atoms. The van der Waals surface area contributed by atoms with Gasteiger partial charge in [-0.15, -0.1) is 11.3 Å². The molecule has 0 spiro atoms. The summed E-state index contributed by atoms with van der Waals surface area (Å²) in [5.74, 6) is 0.340. The van der Waals surface area contributed by atoms with Crippen molar-refractivity contribution < 1.29 is 0 Å². The monoisotopic (exact) mass is 802 g/mol. The molecule has 0 N–H and O–H groups in total. The van der Waals surface area contributed by atoms with Gasteiger partial charge in [0.15, 0.2) is 0 Å². The predicted octanol–water partition coefficient (Wildman–Crippen LogP) is 14.3. The zero-order valence-corrected chi connectivity index (χ0v) is 38.7. The van der Waals surface area contributed by atoms with Gasteiger partial charge in [0, 0.05) is 48.7 Å². The summed E-state index contributed by atoms with van der Waals surface area (Å²) in [6.45, 7) is 30.5. The van der Waals surface area contributed by atoms with E-state index in [9.17, 15) is 0 Å². The fraction of sp³-hybridized carbons (Fsp3) is 0.321. The van der Waals surface area contributed by atoms with Gasteiger partial charge in [-0.2, -0.15) is 0 Å². The Kier molecular flexibility index (Phi) is 8.46. The minimum Gasteiger partial charge on any atom is -0.311 e. The summed E-state index contributed by atoms with van der Waals surface area (Å²) in [5.41, 5.74) is 21.5. The molecule has 2 aliphatic heterocycles. The van der Waals surface area contributed by atoms with E-state index < -0.39 is 0 Å². The Balaban J connectivity index is 1.33. The van der Waals surface area contributed by atoms with E-state index in [1.165, 1.54) is 104 Å². The van der Waals surface area contributed by atoms with E-state index >= 15 is 0 Å². The first-order valence-electron chi connectivity index (χ1n) is 22.1. The molecule has 0 radical (unpaired) electrons. The summed E-state index contributed by atoms with van der Waals surface area (Å²) in [6.07, 6.45) is 0. The van der Waals surface area contributed by atoms with E-state index in [4.69, 9.17) is 0 Å². The van der Waals surface area contributed by atoms with Crippen LogP contribution in [0.3, 0.4) is 0 Å². The summed E-state index contributed by atoms with van der Waals surface area (Å²) < 4.78 is 2.80. The van der Waals surface area contributed by atoms with E-state index in [0.717, 1.165) is 0 Å². The molecule has 0 unspecified atom stereocenters. The van der Waals surface area contributed by atoms with E-state index in [0.29, 0.717) is 5.92 Å². The lowest BCUT2D eigenvalue weighted by Crippen LogP contribution is -2.60. The number of benzene rings is 6. The second-order valence-corrected chi connectivity index (χ2v) is 22.8. The number of anilines is 6. The lowest BCUT2D eigenvalue weighted by molar-refractivity contribution is 0.590. The molecule has 3 aliphatic rings. The molecule has 0 bridgehead atoms. The Morgan fingerprint density at radius 2 is 1.10 bits per heavy atom. The zero-order chi connectivity index (χ0) is 42.4. The number of hydrogen-bond acceptors (Lipinski definition) is 3. The minimum atomic E-state index is -0.0720. The Morgan fingerprint density at radius 1 is 0.550 bits per heavy atom. The van der Waals surface area contributed by atoms with Crippen LogP contribution in [-0.4, -0.2) is 6.71 Å². The van der Waals surface area contributed by atoms with Gasteiger partial charge in [-0.1, -0.05) is 151 Å². The molecule has 0 amide bonds. The molecule has 0 saturated heterocycles. The van der Waals surface area contributed by atoms with Gasteiger partial charge in [0.25, 0.3) is 6.71 Å². The fourth-order valence-corrected chi connectivity index (χ4v) is 11.6. The Bertz CT molecular complexity index is 2870. The van der Waals surface area contributed by atoms with Crippen LogP contribution < -0.4 is 25.5 Å². The largest absolute Gasteiger partial charge is 0.311 e. The maximum absolute atomic E-state index is 2.65. The quantitative estimate of drug-likeness (QED) is 0.164. The molecule has 0 fully saturated rings. The number of fused-ring (bicyclic) bond motifs is 9.